The SMILES string of the molecule is CN(Cc1csc(Br)c1)C(=O)c1ccc(F)c(S)c1. The number of nitrogens with zero attached hydrogens (tertiary/aromatic N) is 1. The molecule has 0 atom stereocenters. The minimum absolute atomic E-state index is 0.155. The number of benzene rings is 1. The molecule has 0 fully saturated rings. The lowest BCUT2D eigenvalue weighted by Crippen LogP contribution is -2.26. The van der Waals surface area contributed by atoms with E-state index in [1.54, 1.807) is 23.3 Å². The number of hydrogen-bond donors (Lipinski definition) is 1. The minimum atomic E-state index is -0.427. The Morgan fingerprint density at radius 3 is 2.79 bits per heavy atom. The van der Waals surface area contributed by atoms with Crippen molar-refractivity contribution in [1.29, 1.82) is 0 Å². The van der Waals surface area contributed by atoms with Gasteiger partial charge in [-0.2, -0.15) is 0 Å². The summed E-state index contributed by atoms with van der Waals surface area (Å²) in [7, 11) is 1.72. The van der Waals surface area contributed by atoms with E-state index in [9.17, 15) is 9.18 Å². The molecule has 100 valence electrons. The van der Waals surface area contributed by atoms with Gasteiger partial charge in [0.25, 0.3) is 5.91 Å². The van der Waals surface area contributed by atoms with Gasteiger partial charge in [0.2, 0.25) is 0 Å². The van der Waals surface area contributed by atoms with E-state index in [0.29, 0.717) is 12.1 Å². The Labute approximate surface area is 128 Å². The normalized spacial score (nSPS) is 10.5. The van der Waals surface area contributed by atoms with Gasteiger partial charge in [-0.05, 0) is 51.1 Å². The zero-order chi connectivity index (χ0) is 14.0. The lowest BCUT2D eigenvalue weighted by Gasteiger charge is -2.16. The quantitative estimate of drug-likeness (QED) is 0.813. The summed E-state index contributed by atoms with van der Waals surface area (Å²) < 4.78 is 14.1. The van der Waals surface area contributed by atoms with Crippen LogP contribution in [0.15, 0.2) is 38.3 Å². The van der Waals surface area contributed by atoms with Crippen molar-refractivity contribution in [3.63, 3.8) is 0 Å². The van der Waals surface area contributed by atoms with Gasteiger partial charge in [-0.15, -0.1) is 24.0 Å². The Hall–Kier alpha value is -0.850. The maximum atomic E-state index is 13.1. The van der Waals surface area contributed by atoms with Gasteiger partial charge in [-0.25, -0.2) is 4.39 Å². The molecule has 1 aromatic heterocycles. The van der Waals surface area contributed by atoms with Gasteiger partial charge in [0.1, 0.15) is 5.82 Å². The number of carbonyl (C=O) groups is 1. The van der Waals surface area contributed by atoms with Gasteiger partial charge in [0.15, 0.2) is 0 Å². The summed E-state index contributed by atoms with van der Waals surface area (Å²) in [6.45, 7) is 0.514. The van der Waals surface area contributed by atoms with Crippen LogP contribution in [0.4, 0.5) is 4.39 Å². The molecule has 0 saturated carbocycles. The van der Waals surface area contributed by atoms with E-state index in [1.165, 1.54) is 18.2 Å². The van der Waals surface area contributed by atoms with Crippen molar-refractivity contribution < 1.29 is 9.18 Å². The van der Waals surface area contributed by atoms with Crippen molar-refractivity contribution in [2.24, 2.45) is 0 Å². The second-order valence-corrected chi connectivity index (χ2v) is 6.86. The fourth-order valence-corrected chi connectivity index (χ4v) is 3.05. The highest BCUT2D eigenvalue weighted by atomic mass is 79.9. The molecule has 0 unspecified atom stereocenters. The Kier molecular flexibility index (Phi) is 4.65. The van der Waals surface area contributed by atoms with Crippen LogP contribution in [0.1, 0.15) is 15.9 Å². The Balaban J connectivity index is 2.12. The molecule has 0 aliphatic rings. The summed E-state index contributed by atoms with van der Waals surface area (Å²) in [6.07, 6.45) is 0. The van der Waals surface area contributed by atoms with Crippen molar-refractivity contribution in [2.75, 3.05) is 7.05 Å². The second-order valence-electron chi connectivity index (χ2n) is 4.09. The molecule has 0 spiro atoms. The first-order valence-corrected chi connectivity index (χ1v) is 7.56. The largest absolute Gasteiger partial charge is 0.337 e. The highest BCUT2D eigenvalue weighted by Crippen LogP contribution is 2.22. The van der Waals surface area contributed by atoms with E-state index >= 15 is 0 Å². The summed E-state index contributed by atoms with van der Waals surface area (Å²) >= 11 is 8.94. The molecule has 0 aliphatic heterocycles. The number of rotatable bonds is 3. The molecule has 6 heteroatoms. The molecule has 0 N–H and O–H groups in total. The monoisotopic (exact) mass is 359 g/mol. The first-order valence-electron chi connectivity index (χ1n) is 5.44. The highest BCUT2D eigenvalue weighted by Gasteiger charge is 2.14. The average Bonchev–Trinajstić information content (AvgIpc) is 2.77. The van der Waals surface area contributed by atoms with Crippen LogP contribution in [0.5, 0.6) is 0 Å². The molecule has 1 aromatic carbocycles. The molecular weight excluding hydrogens is 349 g/mol. The van der Waals surface area contributed by atoms with Crippen LogP contribution in [0.3, 0.4) is 0 Å². The van der Waals surface area contributed by atoms with Gasteiger partial charge in [-0.1, -0.05) is 0 Å². The highest BCUT2D eigenvalue weighted by molar-refractivity contribution is 9.11. The van der Waals surface area contributed by atoms with Crippen LogP contribution in [0.2, 0.25) is 0 Å². The lowest BCUT2D eigenvalue weighted by molar-refractivity contribution is 0.0785. The first kappa shape index (κ1) is 14.6. The Bertz CT molecular complexity index is 614. The number of thiol groups is 1. The van der Waals surface area contributed by atoms with Crippen LogP contribution >= 0.6 is 39.9 Å². The average molecular weight is 360 g/mol. The molecule has 0 aliphatic carbocycles. The summed E-state index contributed by atoms with van der Waals surface area (Å²) in [4.78, 5) is 14.0. The van der Waals surface area contributed by atoms with E-state index in [4.69, 9.17) is 0 Å². The lowest BCUT2D eigenvalue weighted by atomic mass is 10.2. The summed E-state index contributed by atoms with van der Waals surface area (Å²) in [5, 5.41) is 1.99. The van der Waals surface area contributed by atoms with Crippen molar-refractivity contribution >= 4 is 45.8 Å². The van der Waals surface area contributed by atoms with Gasteiger partial charge in [0, 0.05) is 24.1 Å². The number of halogens is 2. The van der Waals surface area contributed by atoms with Crippen molar-refractivity contribution in [3.8, 4) is 0 Å². The minimum Gasteiger partial charge on any atom is -0.337 e. The number of amides is 1. The van der Waals surface area contributed by atoms with Crippen molar-refractivity contribution in [2.45, 2.75) is 11.4 Å². The molecule has 1 amide bonds. The molecule has 2 rings (SSSR count). The fourth-order valence-electron chi connectivity index (χ4n) is 1.64. The number of carbonyl (C=O) groups excluding carboxylic acids is 1. The fraction of sp³-hybridized carbons (Fsp3) is 0.154. The third-order valence-electron chi connectivity index (χ3n) is 2.58. The predicted octanol–water partition coefficient (Wildman–Crippen LogP) is 4.21. The molecule has 0 saturated heterocycles. The molecule has 1 heterocycles. The first-order chi connectivity index (χ1) is 8.97. The van der Waals surface area contributed by atoms with Crippen LogP contribution < -0.4 is 0 Å². The standard InChI is InChI=1S/C13H11BrFNOS2/c1-16(6-8-4-12(14)19-7-8)13(17)9-2-3-10(15)11(18)5-9/h2-5,7,18H,6H2,1H3. The topological polar surface area (TPSA) is 20.3 Å². The van der Waals surface area contributed by atoms with Crippen molar-refractivity contribution in [1.82, 2.24) is 4.90 Å². The van der Waals surface area contributed by atoms with Crippen LogP contribution in [0, 0.1) is 5.82 Å². The maximum Gasteiger partial charge on any atom is 0.253 e. The van der Waals surface area contributed by atoms with E-state index in [0.717, 1.165) is 9.35 Å². The molecule has 2 aromatic rings. The predicted molar refractivity (Wildman–Crippen MR) is 81.5 cm³/mol. The van der Waals surface area contributed by atoms with E-state index < -0.39 is 5.82 Å². The van der Waals surface area contributed by atoms with Gasteiger partial charge in [-0.3, -0.25) is 4.79 Å². The zero-order valence-electron chi connectivity index (χ0n) is 10.1. The molecular formula is C13H11BrFNOS2. The van der Waals surface area contributed by atoms with Gasteiger partial charge in [0.05, 0.1) is 3.79 Å². The molecule has 19 heavy (non-hydrogen) atoms. The third-order valence-corrected chi connectivity index (χ3v) is 4.48. The summed E-state index contributed by atoms with van der Waals surface area (Å²) in [6, 6.07) is 6.14. The van der Waals surface area contributed by atoms with Gasteiger partial charge < -0.3 is 4.90 Å². The van der Waals surface area contributed by atoms with Gasteiger partial charge >= 0.3 is 0 Å². The Morgan fingerprint density at radius 2 is 2.21 bits per heavy atom. The summed E-state index contributed by atoms with van der Waals surface area (Å²) in [5.74, 6) is -0.582. The maximum absolute atomic E-state index is 13.1. The molecule has 2 nitrogen and oxygen atoms in total. The van der Waals surface area contributed by atoms with E-state index in [-0.39, 0.29) is 10.8 Å². The summed E-state index contributed by atoms with van der Waals surface area (Å²) in [5.41, 5.74) is 1.49. The number of thiophene rings is 1. The number of hydrogen-bond acceptors (Lipinski definition) is 3. The van der Waals surface area contributed by atoms with E-state index in [1.807, 2.05) is 11.4 Å². The smallest absolute Gasteiger partial charge is 0.253 e. The Morgan fingerprint density at radius 1 is 1.47 bits per heavy atom. The van der Waals surface area contributed by atoms with Crippen LogP contribution in [0.25, 0.3) is 0 Å². The zero-order valence-corrected chi connectivity index (χ0v) is 13.4. The van der Waals surface area contributed by atoms with Crippen molar-refractivity contribution in [3.05, 3.63) is 50.4 Å². The second kappa shape index (κ2) is 6.07. The third kappa shape index (κ3) is 3.58. The molecule has 0 bridgehead atoms. The van der Waals surface area contributed by atoms with E-state index in [2.05, 4.69) is 28.6 Å². The molecule has 0 radical (unpaired) electrons. The van der Waals surface area contributed by atoms with Crippen LogP contribution in [-0.4, -0.2) is 17.9 Å². The van der Waals surface area contributed by atoms with Crippen LogP contribution in [-0.2, 0) is 6.54 Å².